The maximum Gasteiger partial charge on any atom is 0.231 e. The van der Waals surface area contributed by atoms with Gasteiger partial charge in [0.2, 0.25) is 17.8 Å². The van der Waals surface area contributed by atoms with Crippen LogP contribution in [0, 0.1) is 5.92 Å². The Hall–Kier alpha value is -1.63. The van der Waals surface area contributed by atoms with Crippen molar-refractivity contribution in [2.75, 3.05) is 48.8 Å². The topological polar surface area (TPSA) is 89.2 Å². The van der Waals surface area contributed by atoms with Crippen LogP contribution in [0.1, 0.15) is 25.7 Å². The quantitative estimate of drug-likeness (QED) is 0.716. The van der Waals surface area contributed by atoms with Gasteiger partial charge in [0.25, 0.3) is 0 Å². The molecule has 0 amide bonds. The van der Waals surface area contributed by atoms with Crippen LogP contribution in [0.25, 0.3) is 0 Å². The number of nitrogen functional groups attached to an aromatic ring is 1. The Morgan fingerprint density at radius 1 is 1.20 bits per heavy atom. The van der Waals surface area contributed by atoms with Crippen molar-refractivity contribution in [3.63, 3.8) is 0 Å². The van der Waals surface area contributed by atoms with Gasteiger partial charge in [0.1, 0.15) is 0 Å². The summed E-state index contributed by atoms with van der Waals surface area (Å²) in [5.41, 5.74) is 5.75. The largest absolute Gasteiger partial charge is 0.379 e. The number of rotatable bonds is 7. The van der Waals surface area contributed by atoms with Gasteiger partial charge in [0.05, 0.1) is 6.61 Å². The van der Waals surface area contributed by atoms with Crippen molar-refractivity contribution in [1.82, 2.24) is 15.0 Å². The maximum absolute atomic E-state index is 5.75. The molecule has 0 aromatic carbocycles. The minimum atomic E-state index is 0.267. The van der Waals surface area contributed by atoms with Crippen LogP contribution in [0.2, 0.25) is 0 Å². The van der Waals surface area contributed by atoms with E-state index < -0.39 is 0 Å². The molecule has 1 saturated carbocycles. The van der Waals surface area contributed by atoms with Crippen molar-refractivity contribution in [2.24, 2.45) is 5.92 Å². The zero-order valence-electron chi connectivity index (χ0n) is 11.7. The fourth-order valence-corrected chi connectivity index (χ4v) is 2.29. The van der Waals surface area contributed by atoms with E-state index >= 15 is 0 Å². The summed E-state index contributed by atoms with van der Waals surface area (Å²) in [6, 6.07) is 0. The van der Waals surface area contributed by atoms with Crippen LogP contribution >= 0.6 is 0 Å². The first kappa shape index (κ1) is 13.4. The van der Waals surface area contributed by atoms with Crippen molar-refractivity contribution in [3.8, 4) is 0 Å². The van der Waals surface area contributed by atoms with Crippen molar-refractivity contribution >= 4 is 17.8 Å². The standard InChI is InChI=1S/C13H22N6O/c14-11-16-12(15-5-8-20-9-10-3-4-10)18-13(17-11)19-6-1-2-7-19/h10H,1-9H2,(H3,14,15,16,17,18). The first-order valence-corrected chi connectivity index (χ1v) is 7.39. The SMILES string of the molecule is Nc1nc(NCCOCC2CC2)nc(N2CCCC2)n1. The lowest BCUT2D eigenvalue weighted by Gasteiger charge is -2.16. The molecule has 0 unspecified atom stereocenters. The summed E-state index contributed by atoms with van der Waals surface area (Å²) in [5.74, 6) is 2.28. The smallest absolute Gasteiger partial charge is 0.231 e. The molecule has 7 nitrogen and oxygen atoms in total. The van der Waals surface area contributed by atoms with E-state index in [1.165, 1.54) is 25.7 Å². The number of ether oxygens (including phenoxy) is 1. The third-order valence-electron chi connectivity index (χ3n) is 3.61. The Bertz CT molecular complexity index is 444. The monoisotopic (exact) mass is 278 g/mol. The van der Waals surface area contributed by atoms with Crippen molar-refractivity contribution in [1.29, 1.82) is 0 Å². The van der Waals surface area contributed by atoms with Gasteiger partial charge >= 0.3 is 0 Å². The zero-order valence-corrected chi connectivity index (χ0v) is 11.7. The molecule has 1 aliphatic heterocycles. The third-order valence-corrected chi connectivity index (χ3v) is 3.61. The van der Waals surface area contributed by atoms with Crippen molar-refractivity contribution < 1.29 is 4.74 Å². The van der Waals surface area contributed by atoms with Crippen LogP contribution in [0.15, 0.2) is 0 Å². The fraction of sp³-hybridized carbons (Fsp3) is 0.769. The highest BCUT2D eigenvalue weighted by atomic mass is 16.5. The summed E-state index contributed by atoms with van der Waals surface area (Å²) in [6.45, 7) is 4.22. The molecule has 0 spiro atoms. The number of nitrogens with two attached hydrogens (primary N) is 1. The molecule has 1 aliphatic carbocycles. The zero-order chi connectivity index (χ0) is 13.8. The highest BCUT2D eigenvalue weighted by Gasteiger charge is 2.21. The maximum atomic E-state index is 5.75. The average Bonchev–Trinajstić information content (AvgIpc) is 3.09. The Balaban J connectivity index is 1.49. The van der Waals surface area contributed by atoms with E-state index in [0.29, 0.717) is 25.0 Å². The molecule has 0 radical (unpaired) electrons. The number of nitrogens with one attached hydrogen (secondary N) is 1. The van der Waals surface area contributed by atoms with Gasteiger partial charge in [-0.1, -0.05) is 0 Å². The lowest BCUT2D eigenvalue weighted by Crippen LogP contribution is -2.22. The molecule has 7 heteroatoms. The van der Waals surface area contributed by atoms with E-state index in [1.807, 2.05) is 0 Å². The minimum Gasteiger partial charge on any atom is -0.379 e. The second-order valence-corrected chi connectivity index (χ2v) is 5.46. The van der Waals surface area contributed by atoms with Crippen molar-refractivity contribution in [2.45, 2.75) is 25.7 Å². The molecule has 1 saturated heterocycles. The van der Waals surface area contributed by atoms with Crippen LogP contribution in [0.5, 0.6) is 0 Å². The highest BCUT2D eigenvalue weighted by molar-refractivity contribution is 5.42. The third kappa shape index (κ3) is 3.69. The number of hydrogen-bond donors (Lipinski definition) is 2. The Morgan fingerprint density at radius 3 is 2.75 bits per heavy atom. The van der Waals surface area contributed by atoms with Gasteiger partial charge in [-0.25, -0.2) is 0 Å². The molecular formula is C13H22N6O. The summed E-state index contributed by atoms with van der Waals surface area (Å²) in [6.07, 6.45) is 5.00. The molecule has 1 aromatic rings. The molecular weight excluding hydrogens is 256 g/mol. The molecule has 110 valence electrons. The van der Waals surface area contributed by atoms with E-state index in [1.54, 1.807) is 0 Å². The van der Waals surface area contributed by atoms with Gasteiger partial charge in [-0.05, 0) is 31.6 Å². The highest BCUT2D eigenvalue weighted by Crippen LogP contribution is 2.28. The lowest BCUT2D eigenvalue weighted by molar-refractivity contribution is 0.133. The number of anilines is 3. The summed E-state index contributed by atoms with van der Waals surface area (Å²) >= 11 is 0. The number of aromatic nitrogens is 3. The van der Waals surface area contributed by atoms with Gasteiger partial charge in [-0.3, -0.25) is 0 Å². The molecule has 0 atom stereocenters. The molecule has 0 bridgehead atoms. The van der Waals surface area contributed by atoms with Crippen LogP contribution in [0.3, 0.4) is 0 Å². The Labute approximate surface area is 118 Å². The summed E-state index contributed by atoms with van der Waals surface area (Å²) in [7, 11) is 0. The van der Waals surface area contributed by atoms with Gasteiger partial charge in [0.15, 0.2) is 0 Å². The second kappa shape index (κ2) is 6.21. The van der Waals surface area contributed by atoms with Crippen LogP contribution < -0.4 is 16.0 Å². The molecule has 2 aliphatic rings. The first-order valence-electron chi connectivity index (χ1n) is 7.39. The van der Waals surface area contributed by atoms with E-state index in [4.69, 9.17) is 10.5 Å². The minimum absolute atomic E-state index is 0.267. The number of nitrogens with zero attached hydrogens (tertiary/aromatic N) is 4. The average molecular weight is 278 g/mol. The fourth-order valence-electron chi connectivity index (χ4n) is 2.29. The lowest BCUT2D eigenvalue weighted by atomic mass is 10.4. The Kier molecular flexibility index (Phi) is 4.15. The van der Waals surface area contributed by atoms with Crippen LogP contribution in [-0.4, -0.2) is 47.8 Å². The molecule has 2 fully saturated rings. The summed E-state index contributed by atoms with van der Waals surface area (Å²) in [5, 5.41) is 3.15. The number of hydrogen-bond acceptors (Lipinski definition) is 7. The van der Waals surface area contributed by atoms with Crippen LogP contribution in [0.4, 0.5) is 17.8 Å². The normalized spacial score (nSPS) is 18.5. The summed E-state index contributed by atoms with van der Waals surface area (Å²) in [4.78, 5) is 14.9. The molecule has 20 heavy (non-hydrogen) atoms. The predicted molar refractivity (Wildman–Crippen MR) is 77.7 cm³/mol. The van der Waals surface area contributed by atoms with E-state index in [2.05, 4.69) is 25.2 Å². The molecule has 3 N–H and O–H groups in total. The second-order valence-electron chi connectivity index (χ2n) is 5.46. The molecule has 2 heterocycles. The van der Waals surface area contributed by atoms with Crippen LogP contribution in [-0.2, 0) is 4.74 Å². The molecule has 3 rings (SSSR count). The Morgan fingerprint density at radius 2 is 2.00 bits per heavy atom. The molecule has 1 aromatic heterocycles. The first-order chi connectivity index (χ1) is 9.81. The van der Waals surface area contributed by atoms with E-state index in [-0.39, 0.29) is 5.95 Å². The van der Waals surface area contributed by atoms with Crippen molar-refractivity contribution in [3.05, 3.63) is 0 Å². The van der Waals surface area contributed by atoms with Gasteiger partial charge in [-0.15, -0.1) is 0 Å². The van der Waals surface area contributed by atoms with Gasteiger partial charge in [-0.2, -0.15) is 15.0 Å². The summed E-state index contributed by atoms with van der Waals surface area (Å²) < 4.78 is 5.56. The van der Waals surface area contributed by atoms with E-state index in [0.717, 1.165) is 25.6 Å². The van der Waals surface area contributed by atoms with E-state index in [9.17, 15) is 0 Å². The predicted octanol–water partition coefficient (Wildman–Crippen LogP) is 0.892. The van der Waals surface area contributed by atoms with Gasteiger partial charge in [0, 0.05) is 26.2 Å². The van der Waals surface area contributed by atoms with Gasteiger partial charge < -0.3 is 20.7 Å².